The number of amides is 2. The van der Waals surface area contributed by atoms with Crippen molar-refractivity contribution in [2.24, 2.45) is 0 Å². The highest BCUT2D eigenvalue weighted by Gasteiger charge is 2.35. The van der Waals surface area contributed by atoms with E-state index < -0.39 is 39.3 Å². The number of nitrogens with zero attached hydrogens (tertiary/aromatic N) is 3. The van der Waals surface area contributed by atoms with Crippen LogP contribution in [0.2, 0.25) is 5.02 Å². The zero-order chi connectivity index (χ0) is 33.3. The second-order valence-corrected chi connectivity index (χ2v) is 13.0. The predicted octanol–water partition coefficient (Wildman–Crippen LogP) is 6.00. The van der Waals surface area contributed by atoms with E-state index in [0.717, 1.165) is 9.87 Å². The summed E-state index contributed by atoms with van der Waals surface area (Å²) in [7, 11) is -4.34. The van der Waals surface area contributed by atoms with E-state index in [9.17, 15) is 28.1 Å². The molecule has 2 atom stereocenters. The first kappa shape index (κ1) is 34.1. The van der Waals surface area contributed by atoms with Crippen LogP contribution in [0.1, 0.15) is 31.4 Å². The molecule has 4 aromatic carbocycles. The van der Waals surface area contributed by atoms with Crippen LogP contribution in [0.25, 0.3) is 0 Å². The maximum atomic E-state index is 14.5. The molecule has 0 saturated carbocycles. The van der Waals surface area contributed by atoms with E-state index in [0.29, 0.717) is 17.0 Å². The molecule has 46 heavy (non-hydrogen) atoms. The van der Waals surface area contributed by atoms with Crippen LogP contribution in [-0.2, 0) is 32.6 Å². The van der Waals surface area contributed by atoms with Crippen molar-refractivity contribution < 1.29 is 22.9 Å². The van der Waals surface area contributed by atoms with Crippen molar-refractivity contribution in [1.29, 1.82) is 0 Å². The number of nitrogens with one attached hydrogen (secondary N) is 1. The molecule has 0 aliphatic heterocycles. The molecule has 0 fully saturated rings. The van der Waals surface area contributed by atoms with Crippen molar-refractivity contribution in [2.45, 2.75) is 50.2 Å². The van der Waals surface area contributed by atoms with Crippen LogP contribution in [0, 0.1) is 10.1 Å². The average molecular weight is 663 g/mol. The second-order valence-electron chi connectivity index (χ2n) is 10.7. The highest BCUT2D eigenvalue weighted by molar-refractivity contribution is 7.92. The number of non-ortho nitro benzene ring substituents is 1. The lowest BCUT2D eigenvalue weighted by Gasteiger charge is -2.34. The number of carbonyl (C=O) groups is 2. The van der Waals surface area contributed by atoms with Crippen molar-refractivity contribution in [2.75, 3.05) is 10.8 Å². The van der Waals surface area contributed by atoms with E-state index in [2.05, 4.69) is 5.32 Å². The SMILES string of the molecule is CC[C@@H](C)NC(=O)[C@@H](Cc1ccccc1)N(Cc1ccccc1Cl)C(=O)CN(c1ccc([N+](=O)[O-])cc1)S(=O)(=O)c1ccccc1. The van der Waals surface area contributed by atoms with Gasteiger partial charge in [0.2, 0.25) is 11.8 Å². The van der Waals surface area contributed by atoms with Gasteiger partial charge < -0.3 is 10.2 Å². The molecule has 4 aromatic rings. The fraction of sp³-hybridized carbons (Fsp3) is 0.235. The number of benzene rings is 4. The van der Waals surface area contributed by atoms with Gasteiger partial charge in [-0.2, -0.15) is 0 Å². The van der Waals surface area contributed by atoms with Crippen LogP contribution in [0.15, 0.2) is 114 Å². The maximum Gasteiger partial charge on any atom is 0.269 e. The topological polar surface area (TPSA) is 130 Å². The van der Waals surface area contributed by atoms with Crippen molar-refractivity contribution >= 4 is 44.8 Å². The Morgan fingerprint density at radius 1 is 0.891 bits per heavy atom. The first-order valence-corrected chi connectivity index (χ1v) is 16.5. The highest BCUT2D eigenvalue weighted by atomic mass is 35.5. The van der Waals surface area contributed by atoms with Crippen molar-refractivity contribution in [3.8, 4) is 0 Å². The van der Waals surface area contributed by atoms with Crippen LogP contribution in [0.5, 0.6) is 0 Å². The third-order valence-corrected chi connectivity index (χ3v) is 9.69. The summed E-state index contributed by atoms with van der Waals surface area (Å²) >= 11 is 6.52. The molecule has 0 aromatic heterocycles. The largest absolute Gasteiger partial charge is 0.352 e. The number of sulfonamides is 1. The Balaban J connectivity index is 1.82. The standard InChI is InChI=1S/C34H35ClN4O6S/c1-3-25(2)36-34(41)32(22-26-12-6-4-7-13-26)37(23-27-14-10-11-17-31(27)35)33(40)24-38(28-18-20-29(21-19-28)39(42)43)46(44,45)30-15-8-5-9-16-30/h4-21,25,32H,3,22-24H2,1-2H3,(H,36,41)/t25-,32-/m1/s1. The van der Waals surface area contributed by atoms with Gasteiger partial charge in [-0.3, -0.25) is 24.0 Å². The van der Waals surface area contributed by atoms with E-state index in [-0.39, 0.29) is 35.3 Å². The summed E-state index contributed by atoms with van der Waals surface area (Å²) in [5.41, 5.74) is 1.17. The predicted molar refractivity (Wildman–Crippen MR) is 178 cm³/mol. The molecular formula is C34H35ClN4O6S. The molecule has 240 valence electrons. The van der Waals surface area contributed by atoms with Gasteiger partial charge in [0.15, 0.2) is 0 Å². The van der Waals surface area contributed by atoms with Gasteiger partial charge in [0.05, 0.1) is 15.5 Å². The molecule has 0 heterocycles. The Morgan fingerprint density at radius 3 is 2.07 bits per heavy atom. The monoisotopic (exact) mass is 662 g/mol. The maximum absolute atomic E-state index is 14.5. The van der Waals surface area contributed by atoms with E-state index in [1.54, 1.807) is 42.5 Å². The van der Waals surface area contributed by atoms with Crippen LogP contribution >= 0.6 is 11.6 Å². The number of hydrogen-bond donors (Lipinski definition) is 1. The zero-order valence-corrected chi connectivity index (χ0v) is 27.0. The molecule has 1 N–H and O–H groups in total. The van der Waals surface area contributed by atoms with Crippen molar-refractivity contribution in [3.63, 3.8) is 0 Å². The number of nitro groups is 1. The molecule has 0 aliphatic rings. The number of halogens is 1. The summed E-state index contributed by atoms with van der Waals surface area (Å²) in [5.74, 6) is -1.07. The number of nitro benzene ring substituents is 1. The fourth-order valence-corrected chi connectivity index (χ4v) is 6.42. The van der Waals surface area contributed by atoms with Gasteiger partial charge in [0.25, 0.3) is 15.7 Å². The first-order valence-electron chi connectivity index (χ1n) is 14.7. The normalized spacial score (nSPS) is 12.5. The molecular weight excluding hydrogens is 628 g/mol. The Bertz CT molecular complexity index is 1760. The van der Waals surface area contributed by atoms with E-state index in [1.807, 2.05) is 44.2 Å². The van der Waals surface area contributed by atoms with E-state index >= 15 is 0 Å². The van der Waals surface area contributed by atoms with Gasteiger partial charge in [-0.1, -0.05) is 85.3 Å². The molecule has 4 rings (SSSR count). The van der Waals surface area contributed by atoms with E-state index in [1.165, 1.54) is 41.3 Å². The Hall–Kier alpha value is -4.74. The Labute approximate surface area is 273 Å². The minimum absolute atomic E-state index is 0.0455. The smallest absolute Gasteiger partial charge is 0.269 e. The molecule has 0 bridgehead atoms. The van der Waals surface area contributed by atoms with Gasteiger partial charge >= 0.3 is 0 Å². The van der Waals surface area contributed by atoms with Crippen molar-refractivity contribution in [1.82, 2.24) is 10.2 Å². The highest BCUT2D eigenvalue weighted by Crippen LogP contribution is 2.27. The number of anilines is 1. The molecule has 0 unspecified atom stereocenters. The molecule has 0 aliphatic carbocycles. The van der Waals surface area contributed by atoms with Gasteiger partial charge in [0, 0.05) is 36.2 Å². The molecule has 10 nitrogen and oxygen atoms in total. The number of rotatable bonds is 14. The molecule has 0 spiro atoms. The van der Waals surface area contributed by atoms with Crippen molar-refractivity contribution in [3.05, 3.63) is 135 Å². The van der Waals surface area contributed by atoms with Gasteiger partial charge in [-0.25, -0.2) is 8.42 Å². The minimum Gasteiger partial charge on any atom is -0.352 e. The van der Waals surface area contributed by atoms with E-state index in [4.69, 9.17) is 11.6 Å². The molecule has 2 amide bonds. The van der Waals surface area contributed by atoms with Crippen LogP contribution < -0.4 is 9.62 Å². The first-order chi connectivity index (χ1) is 22.0. The fourth-order valence-electron chi connectivity index (χ4n) is 4.79. The van der Waals surface area contributed by atoms with Gasteiger partial charge in [-0.15, -0.1) is 0 Å². The van der Waals surface area contributed by atoms with Gasteiger partial charge in [0.1, 0.15) is 12.6 Å². The number of carbonyl (C=O) groups excluding carboxylic acids is 2. The zero-order valence-electron chi connectivity index (χ0n) is 25.5. The van der Waals surface area contributed by atoms with Crippen LogP contribution in [0.4, 0.5) is 11.4 Å². The summed E-state index contributed by atoms with van der Waals surface area (Å²) in [6.07, 6.45) is 0.813. The third kappa shape index (κ3) is 8.49. The molecule has 12 heteroatoms. The lowest BCUT2D eigenvalue weighted by Crippen LogP contribution is -2.54. The summed E-state index contributed by atoms with van der Waals surface area (Å²) < 4.78 is 28.9. The Kier molecular flexibility index (Phi) is 11.5. The summed E-state index contributed by atoms with van der Waals surface area (Å²) in [6, 6.07) is 27.4. The van der Waals surface area contributed by atoms with Gasteiger partial charge in [-0.05, 0) is 54.8 Å². The second kappa shape index (κ2) is 15.5. The number of hydrogen-bond acceptors (Lipinski definition) is 6. The Morgan fingerprint density at radius 2 is 1.48 bits per heavy atom. The average Bonchev–Trinajstić information content (AvgIpc) is 3.06. The molecule has 0 radical (unpaired) electrons. The summed E-state index contributed by atoms with van der Waals surface area (Å²) in [4.78, 5) is 40.4. The van der Waals surface area contributed by atoms with Crippen LogP contribution in [-0.4, -0.2) is 48.7 Å². The quantitative estimate of drug-likeness (QED) is 0.130. The third-order valence-electron chi connectivity index (χ3n) is 7.53. The summed E-state index contributed by atoms with van der Waals surface area (Å²) in [6.45, 7) is 3.02. The summed E-state index contributed by atoms with van der Waals surface area (Å²) in [5, 5.41) is 14.7. The lowest BCUT2D eigenvalue weighted by atomic mass is 10.0. The molecule has 0 saturated heterocycles. The minimum atomic E-state index is -4.34. The van der Waals surface area contributed by atoms with Crippen LogP contribution in [0.3, 0.4) is 0 Å². The lowest BCUT2D eigenvalue weighted by molar-refractivity contribution is -0.384.